The minimum atomic E-state index is -0.174. The minimum Gasteiger partial charge on any atom is -0.461 e. The fraction of sp³-hybridized carbons (Fsp3) is 0.615. The molecular weight excluding hydrogens is 246 g/mol. The zero-order chi connectivity index (χ0) is 13.6. The van der Waals surface area contributed by atoms with E-state index in [0.717, 1.165) is 30.6 Å². The van der Waals surface area contributed by atoms with E-state index >= 15 is 0 Å². The van der Waals surface area contributed by atoms with E-state index in [1.807, 2.05) is 6.92 Å². The fourth-order valence-electron chi connectivity index (χ4n) is 2.81. The highest BCUT2D eigenvalue weighted by Gasteiger charge is 2.37. The first-order chi connectivity index (χ1) is 9.04. The van der Waals surface area contributed by atoms with Gasteiger partial charge in [-0.1, -0.05) is 0 Å². The summed E-state index contributed by atoms with van der Waals surface area (Å²) in [5.74, 6) is -0.146. The molecule has 0 spiro atoms. The lowest BCUT2D eigenvalue weighted by atomic mass is 10.0. The van der Waals surface area contributed by atoms with Gasteiger partial charge in [-0.15, -0.1) is 0 Å². The molecule has 0 aromatic carbocycles. The van der Waals surface area contributed by atoms with Crippen molar-refractivity contribution in [1.82, 2.24) is 14.7 Å². The average Bonchev–Trinajstić information content (AvgIpc) is 2.69. The van der Waals surface area contributed by atoms with Crippen LogP contribution in [0.5, 0.6) is 0 Å². The van der Waals surface area contributed by atoms with Crippen LogP contribution in [0.25, 0.3) is 0 Å². The number of hydrogen-bond acceptors (Lipinski definition) is 5. The van der Waals surface area contributed by atoms with Gasteiger partial charge in [-0.3, -0.25) is 14.5 Å². The summed E-state index contributed by atoms with van der Waals surface area (Å²) in [4.78, 5) is 25.5. The Bertz CT molecular complexity index is 581. The molecule has 0 unspecified atom stereocenters. The van der Waals surface area contributed by atoms with Gasteiger partial charge in [0.2, 0.25) is 0 Å². The molecule has 1 saturated heterocycles. The van der Waals surface area contributed by atoms with Crippen molar-refractivity contribution in [2.75, 3.05) is 6.54 Å². The summed E-state index contributed by atoms with van der Waals surface area (Å²) >= 11 is 0. The number of cyclic esters (lactones) is 1. The topological polar surface area (TPSA) is 64.4 Å². The van der Waals surface area contributed by atoms with E-state index in [1.54, 1.807) is 13.1 Å². The maximum Gasteiger partial charge on any atom is 0.323 e. The Labute approximate surface area is 111 Å². The Kier molecular flexibility index (Phi) is 2.89. The van der Waals surface area contributed by atoms with E-state index in [9.17, 15) is 9.59 Å². The number of carbonyl (C=O) groups is 1. The van der Waals surface area contributed by atoms with Gasteiger partial charge in [0.1, 0.15) is 12.1 Å². The Morgan fingerprint density at radius 3 is 2.89 bits per heavy atom. The number of carbonyl (C=O) groups excluding carboxylic acids is 1. The molecule has 2 aliphatic rings. The van der Waals surface area contributed by atoms with Crippen LogP contribution < -0.4 is 5.56 Å². The fourth-order valence-corrected chi connectivity index (χ4v) is 2.81. The molecule has 0 amide bonds. The van der Waals surface area contributed by atoms with Gasteiger partial charge >= 0.3 is 5.97 Å². The molecule has 6 heteroatoms. The first-order valence-corrected chi connectivity index (χ1v) is 6.55. The Hall–Kier alpha value is -1.69. The molecule has 0 bridgehead atoms. The average molecular weight is 263 g/mol. The summed E-state index contributed by atoms with van der Waals surface area (Å²) in [6.45, 7) is 3.29. The molecule has 102 valence electrons. The lowest BCUT2D eigenvalue weighted by molar-refractivity contribution is -0.145. The van der Waals surface area contributed by atoms with Crippen LogP contribution >= 0.6 is 0 Å². The number of aromatic nitrogens is 2. The van der Waals surface area contributed by atoms with Gasteiger partial charge in [-0.05, 0) is 12.5 Å². The molecule has 1 aromatic rings. The predicted molar refractivity (Wildman–Crippen MR) is 67.6 cm³/mol. The summed E-state index contributed by atoms with van der Waals surface area (Å²) in [6, 6.07) is 1.45. The van der Waals surface area contributed by atoms with Crippen LogP contribution in [0, 0.1) is 0 Å². The van der Waals surface area contributed by atoms with Crippen LogP contribution in [0.3, 0.4) is 0 Å². The molecule has 2 aliphatic heterocycles. The highest BCUT2D eigenvalue weighted by Crippen LogP contribution is 2.25. The second-order valence-corrected chi connectivity index (χ2v) is 5.30. The predicted octanol–water partition coefficient (Wildman–Crippen LogP) is -0.158. The van der Waals surface area contributed by atoms with Crippen LogP contribution in [0.2, 0.25) is 0 Å². The first-order valence-electron chi connectivity index (χ1n) is 6.55. The number of ether oxygens (including phenoxy) is 1. The van der Waals surface area contributed by atoms with Gasteiger partial charge in [0, 0.05) is 39.0 Å². The Morgan fingerprint density at radius 1 is 1.42 bits per heavy atom. The third-order valence-corrected chi connectivity index (χ3v) is 3.85. The maximum atomic E-state index is 11.8. The lowest BCUT2D eigenvalue weighted by Gasteiger charge is -2.30. The molecule has 2 atom stereocenters. The minimum absolute atomic E-state index is 0.0133. The van der Waals surface area contributed by atoms with E-state index < -0.39 is 0 Å². The molecule has 1 aromatic heterocycles. The van der Waals surface area contributed by atoms with Gasteiger partial charge in [-0.25, -0.2) is 4.68 Å². The smallest absolute Gasteiger partial charge is 0.323 e. The molecule has 0 N–H and O–H groups in total. The number of esters is 1. The molecular formula is C13H17N3O3. The van der Waals surface area contributed by atoms with Crippen molar-refractivity contribution < 1.29 is 9.53 Å². The van der Waals surface area contributed by atoms with Gasteiger partial charge in [0.05, 0.1) is 5.69 Å². The quantitative estimate of drug-likeness (QED) is 0.659. The molecule has 19 heavy (non-hydrogen) atoms. The molecule has 3 heterocycles. The van der Waals surface area contributed by atoms with Crippen molar-refractivity contribution in [3.8, 4) is 0 Å². The van der Waals surface area contributed by atoms with Crippen molar-refractivity contribution in [3.63, 3.8) is 0 Å². The van der Waals surface area contributed by atoms with Gasteiger partial charge in [0.25, 0.3) is 5.56 Å². The van der Waals surface area contributed by atoms with Crippen LogP contribution in [0.15, 0.2) is 10.9 Å². The van der Waals surface area contributed by atoms with Crippen molar-refractivity contribution in [2.24, 2.45) is 7.05 Å². The lowest BCUT2D eigenvalue weighted by Crippen LogP contribution is -2.43. The summed E-state index contributed by atoms with van der Waals surface area (Å²) < 4.78 is 6.56. The Balaban J connectivity index is 1.84. The third kappa shape index (κ3) is 2.16. The van der Waals surface area contributed by atoms with E-state index in [-0.39, 0.29) is 23.7 Å². The Morgan fingerprint density at radius 2 is 2.21 bits per heavy atom. The van der Waals surface area contributed by atoms with E-state index in [1.165, 1.54) is 4.68 Å². The van der Waals surface area contributed by atoms with Crippen molar-refractivity contribution in [2.45, 2.75) is 38.5 Å². The van der Waals surface area contributed by atoms with Gasteiger partial charge < -0.3 is 4.74 Å². The van der Waals surface area contributed by atoms with Crippen LogP contribution in [0.1, 0.15) is 24.6 Å². The third-order valence-electron chi connectivity index (χ3n) is 3.85. The summed E-state index contributed by atoms with van der Waals surface area (Å²) in [5, 5.41) is 4.27. The number of aryl methyl sites for hydroxylation is 1. The molecule has 1 fully saturated rings. The SMILES string of the molecule is C[C@@H]1C[C@H](N2CCc3nn(C)c(=O)cc3C2)C(=O)O1. The zero-order valence-electron chi connectivity index (χ0n) is 11.1. The van der Waals surface area contributed by atoms with E-state index in [2.05, 4.69) is 10.00 Å². The maximum absolute atomic E-state index is 11.8. The normalized spacial score (nSPS) is 27.2. The monoisotopic (exact) mass is 263 g/mol. The summed E-state index contributed by atoms with van der Waals surface area (Å²) in [7, 11) is 1.66. The van der Waals surface area contributed by atoms with Crippen molar-refractivity contribution >= 4 is 5.97 Å². The van der Waals surface area contributed by atoms with Gasteiger partial charge in [0.15, 0.2) is 0 Å². The molecule has 6 nitrogen and oxygen atoms in total. The number of rotatable bonds is 1. The highest BCUT2D eigenvalue weighted by molar-refractivity contribution is 5.78. The van der Waals surface area contributed by atoms with E-state index in [0.29, 0.717) is 6.54 Å². The highest BCUT2D eigenvalue weighted by atomic mass is 16.6. The van der Waals surface area contributed by atoms with Crippen molar-refractivity contribution in [3.05, 3.63) is 27.7 Å². The molecule has 0 saturated carbocycles. The molecule has 0 aliphatic carbocycles. The summed E-state index contributed by atoms with van der Waals surface area (Å²) in [5.41, 5.74) is 1.78. The van der Waals surface area contributed by atoms with Crippen LogP contribution in [-0.2, 0) is 29.5 Å². The number of hydrogen-bond donors (Lipinski definition) is 0. The zero-order valence-corrected chi connectivity index (χ0v) is 11.1. The number of nitrogens with zero attached hydrogens (tertiary/aromatic N) is 3. The first kappa shape index (κ1) is 12.3. The summed E-state index contributed by atoms with van der Waals surface area (Å²) in [6.07, 6.45) is 1.48. The van der Waals surface area contributed by atoms with Gasteiger partial charge in [-0.2, -0.15) is 5.10 Å². The van der Waals surface area contributed by atoms with Crippen LogP contribution in [-0.4, -0.2) is 39.3 Å². The molecule has 0 radical (unpaired) electrons. The number of fused-ring (bicyclic) bond motifs is 1. The molecule has 3 rings (SSSR count). The van der Waals surface area contributed by atoms with E-state index in [4.69, 9.17) is 4.74 Å². The second kappa shape index (κ2) is 4.45. The van der Waals surface area contributed by atoms with Crippen molar-refractivity contribution in [1.29, 1.82) is 0 Å². The van der Waals surface area contributed by atoms with Crippen LogP contribution in [0.4, 0.5) is 0 Å². The largest absolute Gasteiger partial charge is 0.461 e. The standard InChI is InChI=1S/C13H17N3O3/c1-8-5-11(13(18)19-8)16-4-3-10-9(7-16)6-12(17)15(2)14-10/h6,8,11H,3-5,7H2,1-2H3/t8-,11+/m1/s1. The second-order valence-electron chi connectivity index (χ2n) is 5.30.